The molecule has 2 aliphatic heterocycles. The molecule has 5 aliphatic rings. The molecule has 5 fully saturated rings. The van der Waals surface area contributed by atoms with Crippen molar-refractivity contribution in [2.24, 2.45) is 34.5 Å². The van der Waals surface area contributed by atoms with Crippen molar-refractivity contribution >= 4 is 11.9 Å². The first-order chi connectivity index (χ1) is 14.2. The van der Waals surface area contributed by atoms with Crippen molar-refractivity contribution in [2.45, 2.75) is 102 Å². The van der Waals surface area contributed by atoms with E-state index in [1.54, 1.807) is 0 Å². The number of fused-ring (bicyclic) bond motifs is 2. The molecule has 0 aromatic carbocycles. The maximum Gasteiger partial charge on any atom is 0.310 e. The van der Waals surface area contributed by atoms with Crippen LogP contribution in [0.1, 0.15) is 78.1 Å². The average Bonchev–Trinajstić information content (AvgIpc) is 3.53. The third-order valence-corrected chi connectivity index (χ3v) is 9.56. The van der Waals surface area contributed by atoms with Gasteiger partial charge >= 0.3 is 11.9 Å². The van der Waals surface area contributed by atoms with Gasteiger partial charge in [-0.25, -0.2) is 0 Å². The lowest BCUT2D eigenvalue weighted by Gasteiger charge is -2.47. The Bertz CT molecular complexity index is 680. The fourth-order valence-electron chi connectivity index (χ4n) is 7.30. The number of carboxylic acids is 2. The molecule has 3 saturated carbocycles. The highest BCUT2D eigenvalue weighted by Crippen LogP contribution is 2.67. The molecule has 6 heteroatoms. The molecule has 6 nitrogen and oxygen atoms in total. The number of aliphatic carboxylic acids is 2. The van der Waals surface area contributed by atoms with E-state index in [9.17, 15) is 19.8 Å². The average molecular weight is 421 g/mol. The fourth-order valence-corrected chi connectivity index (χ4v) is 7.30. The third-order valence-electron chi connectivity index (χ3n) is 9.56. The smallest absolute Gasteiger partial charge is 0.310 e. The maximum absolute atomic E-state index is 12.6. The lowest BCUT2D eigenvalue weighted by atomic mass is 9.56. The minimum Gasteiger partial charge on any atom is -0.481 e. The Morgan fingerprint density at radius 3 is 1.73 bits per heavy atom. The number of carbonyl (C=O) groups is 2. The molecule has 0 spiro atoms. The highest BCUT2D eigenvalue weighted by atomic mass is 16.6. The van der Waals surface area contributed by atoms with Gasteiger partial charge in [0.25, 0.3) is 0 Å². The Morgan fingerprint density at radius 1 is 0.867 bits per heavy atom. The van der Waals surface area contributed by atoms with E-state index < -0.39 is 22.8 Å². The van der Waals surface area contributed by atoms with Crippen LogP contribution in [0.4, 0.5) is 0 Å². The number of epoxide rings is 2. The summed E-state index contributed by atoms with van der Waals surface area (Å²) in [7, 11) is 0. The minimum absolute atomic E-state index is 0.0579. The number of hydrogen-bond donors (Lipinski definition) is 2. The molecule has 2 N–H and O–H groups in total. The van der Waals surface area contributed by atoms with Gasteiger partial charge in [0.15, 0.2) is 0 Å². The summed E-state index contributed by atoms with van der Waals surface area (Å²) < 4.78 is 11.6. The van der Waals surface area contributed by atoms with E-state index in [1.165, 1.54) is 0 Å². The van der Waals surface area contributed by atoms with Gasteiger partial charge in [0, 0.05) is 6.42 Å². The number of carboxylic acid groups (broad SMARTS) is 2. The summed E-state index contributed by atoms with van der Waals surface area (Å²) in [4.78, 5) is 24.2. The van der Waals surface area contributed by atoms with E-state index >= 15 is 0 Å². The predicted molar refractivity (Wildman–Crippen MR) is 109 cm³/mol. The fraction of sp³-hybridized carbons (Fsp3) is 0.917. The SMILES string of the molecule is CC1CC2OC2CC1CC(CCC(=O)O)(CC1CC2OC2CC1C)C1(C(=O)O)CC1. The van der Waals surface area contributed by atoms with E-state index in [-0.39, 0.29) is 6.42 Å². The molecule has 0 aromatic rings. The first kappa shape index (κ1) is 20.7. The van der Waals surface area contributed by atoms with Gasteiger partial charge in [0.05, 0.1) is 29.8 Å². The summed E-state index contributed by atoms with van der Waals surface area (Å²) in [6, 6.07) is 0. The Kier molecular flexibility index (Phi) is 4.97. The molecule has 30 heavy (non-hydrogen) atoms. The molecule has 8 unspecified atom stereocenters. The van der Waals surface area contributed by atoms with Crippen LogP contribution in [0.25, 0.3) is 0 Å². The minimum atomic E-state index is -0.815. The predicted octanol–water partition coefficient (Wildman–Crippen LogP) is 4.11. The molecule has 2 heterocycles. The summed E-state index contributed by atoms with van der Waals surface area (Å²) in [5.74, 6) is 0.322. The second-order valence-corrected chi connectivity index (χ2v) is 11.3. The van der Waals surface area contributed by atoms with Crippen molar-refractivity contribution in [2.75, 3.05) is 0 Å². The molecule has 168 valence electrons. The first-order valence-corrected chi connectivity index (χ1v) is 12.0. The molecule has 0 aromatic heterocycles. The van der Waals surface area contributed by atoms with Gasteiger partial charge in [0.1, 0.15) is 0 Å². The summed E-state index contributed by atoms with van der Waals surface area (Å²) in [6.07, 6.45) is 9.20. The van der Waals surface area contributed by atoms with Crippen LogP contribution in [0, 0.1) is 34.5 Å². The van der Waals surface area contributed by atoms with Crippen molar-refractivity contribution in [3.63, 3.8) is 0 Å². The summed E-state index contributed by atoms with van der Waals surface area (Å²) in [6.45, 7) is 4.55. The first-order valence-electron chi connectivity index (χ1n) is 12.0. The number of ether oxygens (including phenoxy) is 2. The number of hydrogen-bond acceptors (Lipinski definition) is 4. The van der Waals surface area contributed by atoms with Crippen molar-refractivity contribution < 1.29 is 29.3 Å². The molecular weight excluding hydrogens is 384 g/mol. The van der Waals surface area contributed by atoms with Crippen LogP contribution >= 0.6 is 0 Å². The van der Waals surface area contributed by atoms with Crippen molar-refractivity contribution in [3.05, 3.63) is 0 Å². The second kappa shape index (κ2) is 7.19. The van der Waals surface area contributed by atoms with Gasteiger partial charge < -0.3 is 19.7 Å². The highest BCUT2D eigenvalue weighted by Gasteiger charge is 2.66. The Hall–Kier alpha value is -1.14. The van der Waals surface area contributed by atoms with Crippen LogP contribution < -0.4 is 0 Å². The van der Waals surface area contributed by atoms with Crippen LogP contribution in [0.15, 0.2) is 0 Å². The largest absolute Gasteiger partial charge is 0.481 e. The number of rotatable bonds is 9. The molecule has 2 saturated heterocycles. The lowest BCUT2D eigenvalue weighted by molar-refractivity contribution is -0.154. The maximum atomic E-state index is 12.6. The van der Waals surface area contributed by atoms with Gasteiger partial charge in [-0.1, -0.05) is 13.8 Å². The zero-order valence-corrected chi connectivity index (χ0v) is 18.2. The van der Waals surface area contributed by atoms with E-state index in [4.69, 9.17) is 9.47 Å². The van der Waals surface area contributed by atoms with E-state index in [0.717, 1.165) is 38.5 Å². The monoisotopic (exact) mass is 420 g/mol. The Balaban J connectivity index is 1.45. The highest BCUT2D eigenvalue weighted by molar-refractivity contribution is 5.79. The van der Waals surface area contributed by atoms with Gasteiger partial charge in [-0.3, -0.25) is 9.59 Å². The zero-order chi connectivity index (χ0) is 21.3. The van der Waals surface area contributed by atoms with Crippen LogP contribution in [0.2, 0.25) is 0 Å². The van der Waals surface area contributed by atoms with Crippen molar-refractivity contribution in [3.8, 4) is 0 Å². The summed E-state index contributed by atoms with van der Waals surface area (Å²) in [5, 5.41) is 19.8. The molecular formula is C24H36O6. The molecule has 0 radical (unpaired) electrons. The van der Waals surface area contributed by atoms with E-state index in [2.05, 4.69) is 13.8 Å². The molecule has 3 aliphatic carbocycles. The summed E-state index contributed by atoms with van der Waals surface area (Å²) >= 11 is 0. The quantitative estimate of drug-likeness (QED) is 0.545. The van der Waals surface area contributed by atoms with E-state index in [1.807, 2.05) is 0 Å². The van der Waals surface area contributed by atoms with Crippen LogP contribution in [-0.2, 0) is 19.1 Å². The Morgan fingerprint density at radius 2 is 1.33 bits per heavy atom. The Labute approximate surface area is 178 Å². The molecule has 0 bridgehead atoms. The third kappa shape index (κ3) is 3.58. The topological polar surface area (TPSA) is 99.7 Å². The van der Waals surface area contributed by atoms with Crippen LogP contribution in [-0.4, -0.2) is 46.6 Å². The van der Waals surface area contributed by atoms with Crippen molar-refractivity contribution in [1.82, 2.24) is 0 Å². The van der Waals surface area contributed by atoms with Gasteiger partial charge in [0.2, 0.25) is 0 Å². The van der Waals surface area contributed by atoms with Gasteiger partial charge in [-0.15, -0.1) is 0 Å². The molecule has 0 amide bonds. The normalized spacial score (nSPS) is 44.9. The standard InChI is InChI=1S/C24H36O6/c1-13-7-17-19(29-17)9-15(13)11-23(4-3-21(25)26,24(5-6-24)22(27)28)12-16-10-20-18(30-20)8-14(16)2/h13-20H,3-12H2,1-2H3,(H,25,26)(H,27,28). The van der Waals surface area contributed by atoms with Gasteiger partial charge in [-0.05, 0) is 86.9 Å². The molecule has 5 rings (SSSR count). The van der Waals surface area contributed by atoms with Crippen molar-refractivity contribution in [1.29, 1.82) is 0 Å². The second-order valence-electron chi connectivity index (χ2n) is 11.3. The van der Waals surface area contributed by atoms with Crippen LogP contribution in [0.3, 0.4) is 0 Å². The van der Waals surface area contributed by atoms with Gasteiger partial charge in [-0.2, -0.15) is 0 Å². The van der Waals surface area contributed by atoms with Crippen LogP contribution in [0.5, 0.6) is 0 Å². The molecule has 8 atom stereocenters. The van der Waals surface area contributed by atoms with E-state index in [0.29, 0.717) is 67.3 Å². The summed E-state index contributed by atoms with van der Waals surface area (Å²) in [5.41, 5.74) is -1.19. The lowest BCUT2D eigenvalue weighted by Crippen LogP contribution is -2.44. The zero-order valence-electron chi connectivity index (χ0n) is 18.2.